The fourth-order valence-electron chi connectivity index (χ4n) is 4.08. The number of ether oxygens (including phenoxy) is 3. The smallest absolute Gasteiger partial charge is 0.272 e. The average molecular weight is 417 g/mol. The molecule has 1 aliphatic heterocycles. The summed E-state index contributed by atoms with van der Waals surface area (Å²) < 4.78 is 16.5. The van der Waals surface area contributed by atoms with Crippen LogP contribution in [0.4, 0.5) is 0 Å². The van der Waals surface area contributed by atoms with Crippen LogP contribution in [0, 0.1) is 0 Å². The van der Waals surface area contributed by atoms with E-state index in [4.69, 9.17) is 19.2 Å². The Labute approximate surface area is 179 Å². The summed E-state index contributed by atoms with van der Waals surface area (Å²) in [6, 6.07) is 15.5. The summed E-state index contributed by atoms with van der Waals surface area (Å²) in [7, 11) is 3.24. The quantitative estimate of drug-likeness (QED) is 0.545. The molecule has 0 saturated carbocycles. The minimum atomic E-state index is -0.0985. The Hall–Kier alpha value is -3.58. The zero-order chi connectivity index (χ0) is 21.4. The van der Waals surface area contributed by atoms with E-state index < -0.39 is 0 Å². The number of nitrogens with one attached hydrogen (secondary N) is 1. The van der Waals surface area contributed by atoms with Crippen molar-refractivity contribution in [3.05, 3.63) is 54.2 Å². The molecular weight excluding hydrogens is 394 g/mol. The van der Waals surface area contributed by atoms with Crippen LogP contribution in [0.25, 0.3) is 33.1 Å². The van der Waals surface area contributed by atoms with Crippen LogP contribution in [0.1, 0.15) is 10.5 Å². The Morgan fingerprint density at radius 2 is 1.84 bits per heavy atom. The number of amides is 1. The highest BCUT2D eigenvalue weighted by Crippen LogP contribution is 2.38. The molecule has 1 saturated heterocycles. The van der Waals surface area contributed by atoms with Crippen LogP contribution in [-0.4, -0.2) is 61.3 Å². The molecule has 1 N–H and O–H groups in total. The number of pyridine rings is 1. The van der Waals surface area contributed by atoms with E-state index in [1.807, 2.05) is 48.5 Å². The number of aromatic amines is 1. The van der Waals surface area contributed by atoms with Gasteiger partial charge in [-0.05, 0) is 30.3 Å². The van der Waals surface area contributed by atoms with Crippen molar-refractivity contribution in [3.8, 4) is 22.8 Å². The number of fused-ring (bicyclic) bond motifs is 3. The van der Waals surface area contributed by atoms with Crippen molar-refractivity contribution in [1.82, 2.24) is 14.9 Å². The van der Waals surface area contributed by atoms with Gasteiger partial charge in [0.05, 0.1) is 38.6 Å². The fraction of sp³-hybridized carbons (Fsp3) is 0.250. The van der Waals surface area contributed by atoms with Gasteiger partial charge in [-0.2, -0.15) is 0 Å². The number of hydrogen-bond acceptors (Lipinski definition) is 5. The molecule has 4 aromatic rings. The number of nitrogens with zero attached hydrogens (tertiary/aromatic N) is 2. The summed E-state index contributed by atoms with van der Waals surface area (Å²) in [4.78, 5) is 23.4. The first-order chi connectivity index (χ1) is 15.2. The molecule has 3 heterocycles. The maximum Gasteiger partial charge on any atom is 0.272 e. The summed E-state index contributed by atoms with van der Waals surface area (Å²) in [5, 5.41) is 1.99. The number of methoxy groups -OCH3 is 2. The number of carbonyl (C=O) groups is 1. The van der Waals surface area contributed by atoms with Gasteiger partial charge in [-0.1, -0.05) is 18.2 Å². The Morgan fingerprint density at radius 3 is 2.61 bits per heavy atom. The van der Waals surface area contributed by atoms with Crippen LogP contribution < -0.4 is 9.47 Å². The molecule has 5 rings (SSSR count). The summed E-state index contributed by atoms with van der Waals surface area (Å²) in [6.45, 7) is 2.20. The lowest BCUT2D eigenvalue weighted by Gasteiger charge is -2.26. The SMILES string of the molecule is COc1ccc(OC)c(-c2nc(C(=O)N3CCOCC3)cc3c2[nH]c2ccccc23)c1. The first-order valence-corrected chi connectivity index (χ1v) is 10.2. The summed E-state index contributed by atoms with van der Waals surface area (Å²) in [5.41, 5.74) is 3.65. The van der Waals surface area contributed by atoms with Gasteiger partial charge in [0.1, 0.15) is 17.2 Å². The van der Waals surface area contributed by atoms with Gasteiger partial charge in [0.15, 0.2) is 0 Å². The molecule has 0 unspecified atom stereocenters. The summed E-state index contributed by atoms with van der Waals surface area (Å²) in [6.07, 6.45) is 0. The van der Waals surface area contributed by atoms with Gasteiger partial charge in [0.2, 0.25) is 0 Å². The number of rotatable bonds is 4. The maximum absolute atomic E-state index is 13.3. The second kappa shape index (κ2) is 7.92. The van der Waals surface area contributed by atoms with Gasteiger partial charge < -0.3 is 24.1 Å². The second-order valence-electron chi connectivity index (χ2n) is 7.42. The van der Waals surface area contributed by atoms with Gasteiger partial charge in [-0.3, -0.25) is 4.79 Å². The zero-order valence-corrected chi connectivity index (χ0v) is 17.5. The number of benzene rings is 2. The van der Waals surface area contributed by atoms with Crippen LogP contribution in [0.2, 0.25) is 0 Å². The van der Waals surface area contributed by atoms with E-state index >= 15 is 0 Å². The molecule has 0 atom stereocenters. The standard InChI is InChI=1S/C24H23N3O4/c1-29-15-7-8-21(30-2)18(13-15)23-22-17(16-5-3-4-6-19(16)25-22)14-20(26-23)24(28)27-9-11-31-12-10-27/h3-8,13-14,25H,9-12H2,1-2H3. The van der Waals surface area contributed by atoms with Crippen molar-refractivity contribution in [3.63, 3.8) is 0 Å². The van der Waals surface area contributed by atoms with E-state index in [0.29, 0.717) is 49.2 Å². The molecule has 158 valence electrons. The van der Waals surface area contributed by atoms with Gasteiger partial charge >= 0.3 is 0 Å². The first-order valence-electron chi connectivity index (χ1n) is 10.2. The van der Waals surface area contributed by atoms with Crippen molar-refractivity contribution in [2.45, 2.75) is 0 Å². The fourth-order valence-corrected chi connectivity index (χ4v) is 4.08. The molecule has 2 aromatic carbocycles. The molecular formula is C24H23N3O4. The predicted molar refractivity (Wildman–Crippen MR) is 119 cm³/mol. The number of aromatic nitrogens is 2. The molecule has 0 spiro atoms. The summed E-state index contributed by atoms with van der Waals surface area (Å²) >= 11 is 0. The van der Waals surface area contributed by atoms with Crippen molar-refractivity contribution < 1.29 is 19.0 Å². The Bertz CT molecular complexity index is 1270. The molecule has 1 amide bonds. The molecule has 7 heteroatoms. The van der Waals surface area contributed by atoms with Crippen LogP contribution in [-0.2, 0) is 4.74 Å². The molecule has 7 nitrogen and oxygen atoms in total. The average Bonchev–Trinajstić information content (AvgIpc) is 3.22. The minimum absolute atomic E-state index is 0.0985. The van der Waals surface area contributed by atoms with Crippen molar-refractivity contribution in [1.29, 1.82) is 0 Å². The number of hydrogen-bond donors (Lipinski definition) is 1. The van der Waals surface area contributed by atoms with Crippen LogP contribution in [0.3, 0.4) is 0 Å². The second-order valence-corrected chi connectivity index (χ2v) is 7.42. The third-order valence-corrected chi connectivity index (χ3v) is 5.68. The van der Waals surface area contributed by atoms with Crippen LogP contribution >= 0.6 is 0 Å². The van der Waals surface area contributed by atoms with Gasteiger partial charge in [0, 0.05) is 34.9 Å². The highest BCUT2D eigenvalue weighted by Gasteiger charge is 2.24. The summed E-state index contributed by atoms with van der Waals surface area (Å²) in [5.74, 6) is 1.24. The highest BCUT2D eigenvalue weighted by molar-refractivity contribution is 6.13. The van der Waals surface area contributed by atoms with Crippen molar-refractivity contribution >= 4 is 27.7 Å². The third kappa shape index (κ3) is 3.37. The lowest BCUT2D eigenvalue weighted by molar-refractivity contribution is 0.0299. The monoisotopic (exact) mass is 417 g/mol. The normalized spacial score (nSPS) is 14.2. The van der Waals surface area contributed by atoms with E-state index in [-0.39, 0.29) is 5.91 Å². The molecule has 1 fully saturated rings. The Balaban J connectivity index is 1.78. The van der Waals surface area contributed by atoms with Crippen molar-refractivity contribution in [2.75, 3.05) is 40.5 Å². The topological polar surface area (TPSA) is 76.7 Å². The number of para-hydroxylation sites is 1. The van der Waals surface area contributed by atoms with E-state index in [0.717, 1.165) is 27.4 Å². The number of carbonyl (C=O) groups excluding carboxylic acids is 1. The highest BCUT2D eigenvalue weighted by atomic mass is 16.5. The minimum Gasteiger partial charge on any atom is -0.497 e. The van der Waals surface area contributed by atoms with E-state index in [1.165, 1.54) is 0 Å². The molecule has 2 aromatic heterocycles. The third-order valence-electron chi connectivity index (χ3n) is 5.68. The van der Waals surface area contributed by atoms with Gasteiger partial charge in [-0.15, -0.1) is 0 Å². The molecule has 0 aliphatic carbocycles. The first kappa shape index (κ1) is 19.4. The van der Waals surface area contributed by atoms with E-state index in [2.05, 4.69) is 4.98 Å². The largest absolute Gasteiger partial charge is 0.497 e. The Kier molecular flexibility index (Phi) is 4.95. The van der Waals surface area contributed by atoms with E-state index in [1.54, 1.807) is 19.1 Å². The van der Waals surface area contributed by atoms with Crippen LogP contribution in [0.15, 0.2) is 48.5 Å². The van der Waals surface area contributed by atoms with Crippen LogP contribution in [0.5, 0.6) is 11.5 Å². The molecule has 0 radical (unpaired) electrons. The maximum atomic E-state index is 13.3. The van der Waals surface area contributed by atoms with E-state index in [9.17, 15) is 4.79 Å². The molecule has 31 heavy (non-hydrogen) atoms. The molecule has 1 aliphatic rings. The lowest BCUT2D eigenvalue weighted by Crippen LogP contribution is -2.41. The number of morpholine rings is 1. The Morgan fingerprint density at radius 1 is 1.03 bits per heavy atom. The van der Waals surface area contributed by atoms with Crippen molar-refractivity contribution in [2.24, 2.45) is 0 Å². The lowest BCUT2D eigenvalue weighted by atomic mass is 10.0. The molecule has 0 bridgehead atoms. The zero-order valence-electron chi connectivity index (χ0n) is 17.5. The predicted octanol–water partition coefficient (Wildman–Crippen LogP) is 3.87. The van der Waals surface area contributed by atoms with Gasteiger partial charge in [-0.25, -0.2) is 4.98 Å². The van der Waals surface area contributed by atoms with Gasteiger partial charge in [0.25, 0.3) is 5.91 Å². The number of H-pyrrole nitrogens is 1.